The lowest BCUT2D eigenvalue weighted by Crippen LogP contribution is -2.61. The van der Waals surface area contributed by atoms with Crippen LogP contribution in [0.2, 0.25) is 0 Å². The molecule has 0 aromatic heterocycles. The van der Waals surface area contributed by atoms with E-state index in [9.17, 15) is 30.0 Å². The van der Waals surface area contributed by atoms with Crippen molar-refractivity contribution < 1.29 is 39.5 Å². The van der Waals surface area contributed by atoms with Crippen molar-refractivity contribution in [3.8, 4) is 0 Å². The molecule has 184 valence electrons. The van der Waals surface area contributed by atoms with Gasteiger partial charge in [-0.15, -0.1) is 0 Å². The van der Waals surface area contributed by atoms with Gasteiger partial charge < -0.3 is 29.9 Å². The molecule has 0 spiro atoms. The van der Waals surface area contributed by atoms with E-state index < -0.39 is 36.7 Å². The van der Waals surface area contributed by atoms with Crippen molar-refractivity contribution >= 4 is 11.8 Å². The predicted molar refractivity (Wildman–Crippen MR) is 116 cm³/mol. The van der Waals surface area contributed by atoms with Gasteiger partial charge in [0.15, 0.2) is 18.2 Å². The van der Waals surface area contributed by atoms with Gasteiger partial charge in [0.1, 0.15) is 18.3 Å². The number of ether oxygens (including phenoxy) is 2. The third-order valence-electron chi connectivity index (χ3n) is 9.99. The second-order valence-corrected chi connectivity index (χ2v) is 11.5. The zero-order chi connectivity index (χ0) is 23.7. The number of carbonyl (C=O) groups is 2. The van der Waals surface area contributed by atoms with Crippen molar-refractivity contribution in [2.45, 2.75) is 102 Å². The van der Waals surface area contributed by atoms with Gasteiger partial charge in [-0.2, -0.15) is 0 Å². The van der Waals surface area contributed by atoms with Gasteiger partial charge in [-0.3, -0.25) is 4.79 Å². The van der Waals surface area contributed by atoms with Crippen LogP contribution in [0.15, 0.2) is 11.6 Å². The van der Waals surface area contributed by atoms with Gasteiger partial charge in [-0.05, 0) is 79.6 Å². The first-order valence-corrected chi connectivity index (χ1v) is 12.4. The van der Waals surface area contributed by atoms with Gasteiger partial charge in [0.05, 0.1) is 6.10 Å². The van der Waals surface area contributed by atoms with E-state index in [1.165, 1.54) is 5.57 Å². The van der Waals surface area contributed by atoms with Crippen molar-refractivity contribution in [2.24, 2.45) is 28.6 Å². The van der Waals surface area contributed by atoms with E-state index in [0.29, 0.717) is 24.2 Å². The number of allylic oxidation sites excluding steroid dienone is 1. The van der Waals surface area contributed by atoms with E-state index in [1.807, 2.05) is 6.08 Å². The fraction of sp³-hybridized carbons (Fsp3) is 0.840. The Hall–Kier alpha value is -1.32. The Kier molecular flexibility index (Phi) is 5.77. The molecule has 5 unspecified atom stereocenters. The predicted octanol–water partition coefficient (Wildman–Crippen LogP) is 1.80. The van der Waals surface area contributed by atoms with Crippen LogP contribution < -0.4 is 0 Å². The molecule has 1 heterocycles. The number of aliphatic hydroxyl groups excluding tert-OH is 3. The number of carboxylic acids is 1. The third-order valence-corrected chi connectivity index (χ3v) is 9.99. The van der Waals surface area contributed by atoms with Crippen molar-refractivity contribution in [1.29, 1.82) is 0 Å². The molecule has 3 saturated carbocycles. The van der Waals surface area contributed by atoms with Crippen LogP contribution in [0.3, 0.4) is 0 Å². The van der Waals surface area contributed by atoms with Crippen molar-refractivity contribution in [1.82, 2.24) is 0 Å². The summed E-state index contributed by atoms with van der Waals surface area (Å²) in [6, 6.07) is 0. The zero-order valence-electron chi connectivity index (χ0n) is 19.4. The summed E-state index contributed by atoms with van der Waals surface area (Å²) in [5.41, 5.74) is 1.29. The zero-order valence-corrected chi connectivity index (χ0v) is 19.4. The molecule has 4 fully saturated rings. The number of aliphatic hydroxyl groups is 3. The van der Waals surface area contributed by atoms with E-state index in [-0.39, 0.29) is 22.7 Å². The summed E-state index contributed by atoms with van der Waals surface area (Å²) in [5, 5.41) is 39.9. The van der Waals surface area contributed by atoms with Crippen LogP contribution in [-0.2, 0) is 19.1 Å². The lowest BCUT2D eigenvalue weighted by molar-refractivity contribution is -0.312. The lowest BCUT2D eigenvalue weighted by atomic mass is 9.47. The number of carboxylic acid groups (broad SMARTS) is 1. The van der Waals surface area contributed by atoms with Crippen LogP contribution in [0.5, 0.6) is 0 Å². The first-order valence-electron chi connectivity index (χ1n) is 12.4. The average Bonchev–Trinajstić information content (AvgIpc) is 3.10. The van der Waals surface area contributed by atoms with Crippen LogP contribution in [0.25, 0.3) is 0 Å². The van der Waals surface area contributed by atoms with Gasteiger partial charge >= 0.3 is 5.97 Å². The standard InChI is InChI=1S/C25H36O8/c1-24-9-7-13(26)11-12(24)3-4-14-15-5-6-17(25(15,2)10-8-16(14)24)32-23-20(29)18(27)19(28)21(33-23)22(30)31/h11,14-21,23,27-29H,3-10H2,1-2H3,(H,30,31)/t14-,15-,16-,17-,18?,19?,20?,21?,23?,24-,25-/m0/s1. The quantitative estimate of drug-likeness (QED) is 0.497. The topological polar surface area (TPSA) is 134 Å². The number of carbonyl (C=O) groups excluding carboxylic acids is 1. The molecular formula is C25H36O8. The molecule has 4 N–H and O–H groups in total. The van der Waals surface area contributed by atoms with Crippen LogP contribution in [0.4, 0.5) is 0 Å². The molecule has 8 nitrogen and oxygen atoms in total. The van der Waals surface area contributed by atoms with E-state index >= 15 is 0 Å². The normalized spacial score (nSPS) is 51.8. The first kappa shape index (κ1) is 23.4. The molecule has 0 aromatic carbocycles. The molecule has 1 aliphatic heterocycles. The van der Waals surface area contributed by atoms with Crippen molar-refractivity contribution in [3.05, 3.63) is 11.6 Å². The molecule has 8 heteroatoms. The Morgan fingerprint density at radius 1 is 1.00 bits per heavy atom. The molecule has 1 saturated heterocycles. The summed E-state index contributed by atoms with van der Waals surface area (Å²) in [6.07, 6.45) is 1.24. The van der Waals surface area contributed by atoms with Crippen LogP contribution >= 0.6 is 0 Å². The lowest BCUT2D eigenvalue weighted by Gasteiger charge is -2.58. The molecule has 5 rings (SSSR count). The Morgan fingerprint density at radius 2 is 1.76 bits per heavy atom. The largest absolute Gasteiger partial charge is 0.479 e. The highest BCUT2D eigenvalue weighted by atomic mass is 16.7. The van der Waals surface area contributed by atoms with E-state index in [2.05, 4.69) is 13.8 Å². The molecule has 11 atom stereocenters. The highest BCUT2D eigenvalue weighted by Gasteiger charge is 2.60. The molecule has 0 radical (unpaired) electrons. The molecule has 0 aromatic rings. The minimum Gasteiger partial charge on any atom is -0.479 e. The summed E-state index contributed by atoms with van der Waals surface area (Å²) < 4.78 is 11.6. The average molecular weight is 465 g/mol. The summed E-state index contributed by atoms with van der Waals surface area (Å²) in [7, 11) is 0. The van der Waals surface area contributed by atoms with Crippen LogP contribution in [0.1, 0.15) is 65.2 Å². The van der Waals surface area contributed by atoms with Gasteiger partial charge in [0.2, 0.25) is 0 Å². The van der Waals surface area contributed by atoms with Crippen LogP contribution in [0, 0.1) is 28.6 Å². The van der Waals surface area contributed by atoms with Gasteiger partial charge in [0, 0.05) is 6.42 Å². The maximum atomic E-state index is 12.0. The molecule has 33 heavy (non-hydrogen) atoms. The Balaban J connectivity index is 1.34. The van der Waals surface area contributed by atoms with E-state index in [1.54, 1.807) is 0 Å². The number of rotatable bonds is 3. The summed E-state index contributed by atoms with van der Waals surface area (Å²) in [6.45, 7) is 4.58. The molecule has 5 aliphatic rings. The van der Waals surface area contributed by atoms with Gasteiger partial charge in [0.25, 0.3) is 0 Å². The molecule has 4 aliphatic carbocycles. The Bertz CT molecular complexity index is 855. The fourth-order valence-corrected chi connectivity index (χ4v) is 8.06. The van der Waals surface area contributed by atoms with Crippen molar-refractivity contribution in [3.63, 3.8) is 0 Å². The molecular weight excluding hydrogens is 428 g/mol. The fourth-order valence-electron chi connectivity index (χ4n) is 8.06. The molecule has 0 bridgehead atoms. The number of fused-ring (bicyclic) bond motifs is 5. The second-order valence-electron chi connectivity index (χ2n) is 11.5. The van der Waals surface area contributed by atoms with Crippen LogP contribution in [-0.4, -0.2) is 69.0 Å². The minimum atomic E-state index is -1.72. The first-order chi connectivity index (χ1) is 15.6. The van der Waals surface area contributed by atoms with Gasteiger partial charge in [-0.25, -0.2) is 4.79 Å². The van der Waals surface area contributed by atoms with Gasteiger partial charge in [-0.1, -0.05) is 19.4 Å². The highest BCUT2D eigenvalue weighted by Crippen LogP contribution is 2.65. The summed E-state index contributed by atoms with van der Waals surface area (Å²) >= 11 is 0. The highest BCUT2D eigenvalue weighted by molar-refractivity contribution is 5.91. The van der Waals surface area contributed by atoms with E-state index in [4.69, 9.17) is 9.47 Å². The van der Waals surface area contributed by atoms with Crippen molar-refractivity contribution in [2.75, 3.05) is 0 Å². The second kappa shape index (κ2) is 8.12. The number of aliphatic carboxylic acids is 1. The smallest absolute Gasteiger partial charge is 0.335 e. The SMILES string of the molecule is C[C@]12CC[C@H]3[C@@H](CCC4=CC(=O)CC[C@@]43C)[C@@H]1CC[C@@H]2OC1OC(C(=O)O)C(O)C(O)C1O. The minimum absolute atomic E-state index is 0.0920. The monoisotopic (exact) mass is 464 g/mol. The number of hydrogen-bond acceptors (Lipinski definition) is 7. The Labute approximate surface area is 194 Å². The number of hydrogen-bond donors (Lipinski definition) is 4. The summed E-state index contributed by atoms with van der Waals surface area (Å²) in [5.74, 6) is 0.400. The summed E-state index contributed by atoms with van der Waals surface area (Å²) in [4.78, 5) is 23.5. The maximum absolute atomic E-state index is 12.0. The number of ketones is 1. The third kappa shape index (κ3) is 3.52. The molecule has 0 amide bonds. The Morgan fingerprint density at radius 3 is 2.48 bits per heavy atom. The maximum Gasteiger partial charge on any atom is 0.335 e. The van der Waals surface area contributed by atoms with E-state index in [0.717, 1.165) is 44.9 Å².